The van der Waals surface area contributed by atoms with Crippen molar-refractivity contribution in [2.24, 2.45) is 0 Å². The van der Waals surface area contributed by atoms with E-state index < -0.39 is 0 Å². The summed E-state index contributed by atoms with van der Waals surface area (Å²) in [5.74, 6) is 1.31. The van der Waals surface area contributed by atoms with Gasteiger partial charge in [0.15, 0.2) is 5.82 Å². The van der Waals surface area contributed by atoms with Gasteiger partial charge >= 0.3 is 0 Å². The van der Waals surface area contributed by atoms with Gasteiger partial charge in [0.2, 0.25) is 0 Å². The molecule has 1 aromatic heterocycles. The van der Waals surface area contributed by atoms with E-state index in [0.29, 0.717) is 18.3 Å². The molecule has 1 N–H and O–H groups in total. The van der Waals surface area contributed by atoms with Gasteiger partial charge in [-0.3, -0.25) is 0 Å². The second-order valence-corrected chi connectivity index (χ2v) is 3.43. The molecular formula is C9H15N3O2. The molecule has 0 spiro atoms. The SMILES string of the molecule is CNCc1noc(C2CCCCO2)n1. The maximum Gasteiger partial charge on any atom is 0.255 e. The number of hydrogen-bond acceptors (Lipinski definition) is 5. The molecule has 78 valence electrons. The van der Waals surface area contributed by atoms with Crippen LogP contribution in [0.1, 0.15) is 37.1 Å². The zero-order chi connectivity index (χ0) is 9.80. The van der Waals surface area contributed by atoms with Crippen LogP contribution in [0.2, 0.25) is 0 Å². The molecule has 1 aromatic rings. The number of hydrogen-bond donors (Lipinski definition) is 1. The van der Waals surface area contributed by atoms with E-state index in [1.807, 2.05) is 7.05 Å². The van der Waals surface area contributed by atoms with E-state index in [0.717, 1.165) is 19.4 Å². The van der Waals surface area contributed by atoms with Crippen LogP contribution in [0.25, 0.3) is 0 Å². The molecule has 0 aliphatic carbocycles. The van der Waals surface area contributed by atoms with Gasteiger partial charge in [-0.15, -0.1) is 0 Å². The summed E-state index contributed by atoms with van der Waals surface area (Å²) in [6.45, 7) is 1.44. The molecule has 1 unspecified atom stereocenters. The molecule has 0 aromatic carbocycles. The normalized spacial score (nSPS) is 22.5. The van der Waals surface area contributed by atoms with Gasteiger partial charge in [-0.1, -0.05) is 5.16 Å². The second kappa shape index (κ2) is 4.52. The molecule has 0 saturated carbocycles. The lowest BCUT2D eigenvalue weighted by atomic mass is 10.1. The molecule has 0 amide bonds. The minimum Gasteiger partial charge on any atom is -0.368 e. The van der Waals surface area contributed by atoms with Crippen molar-refractivity contribution in [1.29, 1.82) is 0 Å². The van der Waals surface area contributed by atoms with Crippen molar-refractivity contribution in [3.05, 3.63) is 11.7 Å². The van der Waals surface area contributed by atoms with Crippen LogP contribution in [-0.4, -0.2) is 23.8 Å². The van der Waals surface area contributed by atoms with Crippen molar-refractivity contribution in [3.63, 3.8) is 0 Å². The van der Waals surface area contributed by atoms with E-state index in [4.69, 9.17) is 9.26 Å². The maximum atomic E-state index is 5.54. The first kappa shape index (κ1) is 9.61. The summed E-state index contributed by atoms with van der Waals surface area (Å²) in [4.78, 5) is 4.26. The molecule has 1 saturated heterocycles. The third kappa shape index (κ3) is 2.10. The fraction of sp³-hybridized carbons (Fsp3) is 0.778. The van der Waals surface area contributed by atoms with Crippen LogP contribution in [0.3, 0.4) is 0 Å². The fourth-order valence-electron chi connectivity index (χ4n) is 1.56. The average molecular weight is 197 g/mol. The smallest absolute Gasteiger partial charge is 0.255 e. The molecule has 0 bridgehead atoms. The number of aromatic nitrogens is 2. The van der Waals surface area contributed by atoms with Gasteiger partial charge in [0.25, 0.3) is 5.89 Å². The Kier molecular flexibility index (Phi) is 3.10. The maximum absolute atomic E-state index is 5.54. The molecular weight excluding hydrogens is 182 g/mol. The molecule has 2 heterocycles. The number of rotatable bonds is 3. The minimum atomic E-state index is 0.0156. The van der Waals surface area contributed by atoms with Gasteiger partial charge in [-0.25, -0.2) is 0 Å². The van der Waals surface area contributed by atoms with Crippen molar-refractivity contribution >= 4 is 0 Å². The van der Waals surface area contributed by atoms with Crippen molar-refractivity contribution in [1.82, 2.24) is 15.5 Å². The Hall–Kier alpha value is -0.940. The topological polar surface area (TPSA) is 60.2 Å². The van der Waals surface area contributed by atoms with Gasteiger partial charge < -0.3 is 14.6 Å². The standard InChI is InChI=1S/C9H15N3O2/c1-10-6-8-11-9(14-12-8)7-4-2-3-5-13-7/h7,10H,2-6H2,1H3. The van der Waals surface area contributed by atoms with Crippen LogP contribution >= 0.6 is 0 Å². The van der Waals surface area contributed by atoms with Crippen molar-refractivity contribution in [2.45, 2.75) is 31.9 Å². The van der Waals surface area contributed by atoms with E-state index in [-0.39, 0.29) is 6.10 Å². The quantitative estimate of drug-likeness (QED) is 0.784. The Morgan fingerprint density at radius 2 is 2.43 bits per heavy atom. The Morgan fingerprint density at radius 1 is 1.50 bits per heavy atom. The zero-order valence-corrected chi connectivity index (χ0v) is 8.32. The third-order valence-corrected chi connectivity index (χ3v) is 2.27. The first-order valence-corrected chi connectivity index (χ1v) is 4.99. The monoisotopic (exact) mass is 197 g/mol. The van der Waals surface area contributed by atoms with Crippen LogP contribution in [0.4, 0.5) is 0 Å². The van der Waals surface area contributed by atoms with Crippen LogP contribution in [-0.2, 0) is 11.3 Å². The summed E-state index contributed by atoms with van der Waals surface area (Å²) in [5.41, 5.74) is 0. The highest BCUT2D eigenvalue weighted by atomic mass is 16.5. The Balaban J connectivity index is 2.00. The van der Waals surface area contributed by atoms with Gasteiger partial charge in [0.05, 0.1) is 6.54 Å². The van der Waals surface area contributed by atoms with Gasteiger partial charge in [-0.2, -0.15) is 4.98 Å². The average Bonchev–Trinajstić information content (AvgIpc) is 2.68. The molecule has 5 heteroatoms. The fourth-order valence-corrected chi connectivity index (χ4v) is 1.56. The minimum absolute atomic E-state index is 0.0156. The molecule has 1 fully saturated rings. The lowest BCUT2D eigenvalue weighted by molar-refractivity contribution is -0.00459. The second-order valence-electron chi connectivity index (χ2n) is 3.43. The van der Waals surface area contributed by atoms with Gasteiger partial charge in [-0.05, 0) is 26.3 Å². The zero-order valence-electron chi connectivity index (χ0n) is 8.32. The molecule has 2 rings (SSSR count). The van der Waals surface area contributed by atoms with E-state index in [2.05, 4.69) is 15.5 Å². The van der Waals surface area contributed by atoms with Crippen LogP contribution in [0.15, 0.2) is 4.52 Å². The molecule has 14 heavy (non-hydrogen) atoms. The number of nitrogens with one attached hydrogen (secondary N) is 1. The van der Waals surface area contributed by atoms with Gasteiger partial charge in [0, 0.05) is 6.61 Å². The van der Waals surface area contributed by atoms with Crippen LogP contribution < -0.4 is 5.32 Å². The first-order chi connectivity index (χ1) is 6.90. The highest BCUT2D eigenvalue weighted by molar-refractivity contribution is 4.90. The summed E-state index contributed by atoms with van der Waals surface area (Å²) in [7, 11) is 1.85. The van der Waals surface area contributed by atoms with E-state index in [9.17, 15) is 0 Å². The number of ether oxygens (including phenoxy) is 1. The summed E-state index contributed by atoms with van der Waals surface area (Å²) in [6.07, 6.45) is 3.31. The van der Waals surface area contributed by atoms with E-state index in [1.165, 1.54) is 6.42 Å². The molecule has 1 atom stereocenters. The predicted octanol–water partition coefficient (Wildman–Crippen LogP) is 1.03. The van der Waals surface area contributed by atoms with Gasteiger partial charge in [0.1, 0.15) is 6.10 Å². The van der Waals surface area contributed by atoms with Crippen molar-refractivity contribution in [2.75, 3.05) is 13.7 Å². The molecule has 1 aliphatic heterocycles. The van der Waals surface area contributed by atoms with Crippen LogP contribution in [0, 0.1) is 0 Å². The summed E-state index contributed by atoms with van der Waals surface area (Å²) in [6, 6.07) is 0. The molecule has 1 aliphatic rings. The third-order valence-electron chi connectivity index (χ3n) is 2.27. The first-order valence-electron chi connectivity index (χ1n) is 4.99. The lowest BCUT2D eigenvalue weighted by Gasteiger charge is -2.18. The highest BCUT2D eigenvalue weighted by Crippen LogP contribution is 2.26. The summed E-state index contributed by atoms with van der Waals surface area (Å²) in [5, 5.41) is 6.83. The van der Waals surface area contributed by atoms with E-state index in [1.54, 1.807) is 0 Å². The number of nitrogens with zero attached hydrogens (tertiary/aromatic N) is 2. The van der Waals surface area contributed by atoms with E-state index >= 15 is 0 Å². The highest BCUT2D eigenvalue weighted by Gasteiger charge is 2.21. The van der Waals surface area contributed by atoms with Crippen LogP contribution in [0.5, 0.6) is 0 Å². The molecule has 5 nitrogen and oxygen atoms in total. The molecule has 0 radical (unpaired) electrons. The Morgan fingerprint density at radius 3 is 3.14 bits per heavy atom. The lowest BCUT2D eigenvalue weighted by Crippen LogP contribution is -2.12. The van der Waals surface area contributed by atoms with Crippen molar-refractivity contribution in [3.8, 4) is 0 Å². The summed E-state index contributed by atoms with van der Waals surface area (Å²) >= 11 is 0. The predicted molar refractivity (Wildman–Crippen MR) is 49.6 cm³/mol. The Labute approximate surface area is 82.8 Å². The van der Waals surface area contributed by atoms with Crippen molar-refractivity contribution < 1.29 is 9.26 Å². The largest absolute Gasteiger partial charge is 0.368 e. The Bertz CT molecular complexity index is 281. The summed E-state index contributed by atoms with van der Waals surface area (Å²) < 4.78 is 10.7.